The molecule has 0 amide bonds. The van der Waals surface area contributed by atoms with Gasteiger partial charge in [0.2, 0.25) is 0 Å². The second-order valence-electron chi connectivity index (χ2n) is 12.3. The van der Waals surface area contributed by atoms with Crippen molar-refractivity contribution in [1.82, 2.24) is 23.5 Å². The summed E-state index contributed by atoms with van der Waals surface area (Å²) in [5.74, 6) is -0.286. The van der Waals surface area contributed by atoms with Crippen molar-refractivity contribution >= 4 is 44.6 Å². The van der Waals surface area contributed by atoms with E-state index in [4.69, 9.17) is 14.2 Å². The summed E-state index contributed by atoms with van der Waals surface area (Å²) in [5.41, 5.74) is 1.50. The minimum absolute atomic E-state index is 0.0114. The second-order valence-corrected chi connectivity index (χ2v) is 13.1. The van der Waals surface area contributed by atoms with Crippen LogP contribution in [0.3, 0.4) is 0 Å². The van der Waals surface area contributed by atoms with Gasteiger partial charge < -0.3 is 23.9 Å². The summed E-state index contributed by atoms with van der Waals surface area (Å²) >= 11 is 3.22. The van der Waals surface area contributed by atoms with Crippen molar-refractivity contribution in [3.63, 3.8) is 0 Å². The summed E-state index contributed by atoms with van der Waals surface area (Å²) in [7, 11) is 6.03. The Morgan fingerprint density at radius 3 is 2.43 bits per heavy atom. The maximum Gasteiger partial charge on any atom is 0.347 e. The van der Waals surface area contributed by atoms with Crippen LogP contribution in [-0.4, -0.2) is 61.5 Å². The molecule has 3 aliphatic rings. The zero-order chi connectivity index (χ0) is 36.3. The lowest BCUT2D eigenvalue weighted by Crippen LogP contribution is -2.41. The van der Waals surface area contributed by atoms with Gasteiger partial charge in [-0.05, 0) is 39.2 Å². The molecule has 0 spiro atoms. The number of nitrogens with zero attached hydrogens (tertiary/aromatic N) is 5. The van der Waals surface area contributed by atoms with E-state index < -0.39 is 23.3 Å². The van der Waals surface area contributed by atoms with Crippen LogP contribution >= 0.6 is 15.9 Å². The lowest BCUT2D eigenvalue weighted by atomic mass is 9.71. The van der Waals surface area contributed by atoms with E-state index >= 15 is 0 Å². The van der Waals surface area contributed by atoms with Crippen LogP contribution in [-0.2, 0) is 36.1 Å². The number of rotatable bonds is 8. The van der Waals surface area contributed by atoms with Crippen LogP contribution in [0.15, 0.2) is 84.1 Å². The molecule has 14 nitrogen and oxygen atoms in total. The van der Waals surface area contributed by atoms with Crippen LogP contribution in [0.25, 0.3) is 17.1 Å². The van der Waals surface area contributed by atoms with Crippen molar-refractivity contribution in [2.45, 2.75) is 32.0 Å². The van der Waals surface area contributed by atoms with Gasteiger partial charge in [-0.3, -0.25) is 14.4 Å². The molecule has 2 aromatic heterocycles. The molecular formula is C36H32BrN5O9. The number of methoxy groups -OCH3 is 3. The van der Waals surface area contributed by atoms with Crippen LogP contribution in [0.1, 0.15) is 23.7 Å². The van der Waals surface area contributed by atoms with Crippen molar-refractivity contribution in [1.29, 1.82) is 0 Å². The van der Waals surface area contributed by atoms with Gasteiger partial charge in [0.25, 0.3) is 5.56 Å². The molecule has 1 aliphatic heterocycles. The lowest BCUT2D eigenvalue weighted by molar-refractivity contribution is -0.116. The van der Waals surface area contributed by atoms with E-state index in [1.807, 2.05) is 6.08 Å². The maximum absolute atomic E-state index is 14.1. The minimum atomic E-state index is -0.743. The van der Waals surface area contributed by atoms with Crippen LogP contribution in [0.5, 0.6) is 23.0 Å². The number of aryl methyl sites for hydroxylation is 2. The molecule has 0 unspecified atom stereocenters. The smallest absolute Gasteiger partial charge is 0.347 e. The number of carbonyl (C=O) groups is 2. The number of aromatic hydroxyl groups is 1. The average molecular weight is 759 g/mol. The molecule has 0 radical (unpaired) electrons. The Balaban J connectivity index is 1.26. The molecule has 0 saturated carbocycles. The number of halogens is 1. The first-order valence-corrected chi connectivity index (χ1v) is 16.7. The minimum Gasteiger partial charge on any atom is -0.504 e. The summed E-state index contributed by atoms with van der Waals surface area (Å²) in [5, 5.41) is 10.1. The Hall–Kier alpha value is -5.70. The predicted molar refractivity (Wildman–Crippen MR) is 190 cm³/mol. The molecule has 1 N–H and O–H groups in total. The van der Waals surface area contributed by atoms with Gasteiger partial charge >= 0.3 is 11.4 Å². The fraction of sp³-hybridized carbons (Fsp3) is 0.278. The molecule has 2 aromatic carbocycles. The molecule has 2 atom stereocenters. The molecule has 51 heavy (non-hydrogen) atoms. The highest BCUT2D eigenvalue weighted by molar-refractivity contribution is 9.12. The second kappa shape index (κ2) is 12.9. The Bertz CT molecular complexity index is 2490. The topological polar surface area (TPSA) is 166 Å². The van der Waals surface area contributed by atoms with Gasteiger partial charge in [-0.25, -0.2) is 28.5 Å². The zero-order valence-corrected chi connectivity index (χ0v) is 29.6. The van der Waals surface area contributed by atoms with Crippen molar-refractivity contribution in [3.8, 4) is 23.0 Å². The number of ether oxygens (including phenoxy) is 3. The van der Waals surface area contributed by atoms with Gasteiger partial charge in [0.1, 0.15) is 5.69 Å². The van der Waals surface area contributed by atoms with E-state index in [1.54, 1.807) is 43.5 Å². The van der Waals surface area contributed by atoms with Gasteiger partial charge in [0, 0.05) is 61.7 Å². The monoisotopic (exact) mass is 757 g/mol. The molecule has 4 aromatic rings. The number of hydrogen-bond donors (Lipinski definition) is 1. The lowest BCUT2D eigenvalue weighted by Gasteiger charge is -2.38. The quantitative estimate of drug-likeness (QED) is 0.209. The number of allylic oxidation sites excluding steroid dienone is 7. The van der Waals surface area contributed by atoms with Crippen molar-refractivity contribution < 1.29 is 28.9 Å². The van der Waals surface area contributed by atoms with Gasteiger partial charge in [-0.2, -0.15) is 0 Å². The first-order valence-electron chi connectivity index (χ1n) is 16.0. The van der Waals surface area contributed by atoms with E-state index in [0.717, 1.165) is 4.57 Å². The summed E-state index contributed by atoms with van der Waals surface area (Å²) < 4.78 is 21.3. The number of fused-ring (bicyclic) bond motifs is 4. The third kappa shape index (κ3) is 5.48. The van der Waals surface area contributed by atoms with Crippen molar-refractivity contribution in [2.75, 3.05) is 21.3 Å². The van der Waals surface area contributed by atoms with Gasteiger partial charge in [-0.1, -0.05) is 24.3 Å². The number of hydrogen-bond acceptors (Lipinski definition) is 10. The molecule has 0 fully saturated rings. The van der Waals surface area contributed by atoms with Crippen molar-refractivity contribution in [3.05, 3.63) is 112 Å². The predicted octanol–water partition coefficient (Wildman–Crippen LogP) is 2.97. The molecule has 0 bridgehead atoms. The van der Waals surface area contributed by atoms with E-state index in [9.17, 15) is 29.1 Å². The van der Waals surface area contributed by atoms with Gasteiger partial charge in [0.15, 0.2) is 34.6 Å². The highest BCUT2D eigenvalue weighted by Gasteiger charge is 2.43. The zero-order valence-electron chi connectivity index (χ0n) is 28.0. The van der Waals surface area contributed by atoms with Gasteiger partial charge in [-0.15, -0.1) is 0 Å². The first kappa shape index (κ1) is 33.8. The van der Waals surface area contributed by atoms with E-state index in [2.05, 4.69) is 20.9 Å². The number of phenolic OH excluding ortho intramolecular Hbond substituents is 1. The molecule has 3 heterocycles. The number of carbonyl (C=O) groups excluding carboxylic acids is 2. The third-order valence-electron chi connectivity index (χ3n) is 9.63. The maximum atomic E-state index is 14.1. The van der Waals surface area contributed by atoms with Crippen LogP contribution in [0.2, 0.25) is 0 Å². The normalized spacial score (nSPS) is 18.4. The SMILES string of the molecule is COc1cc(C=C[C@H]2C3=CCn4c(=O)n(CCc5nc6cc(OC)c(OC)cc6n(C)c5=O)c(=O)n4[C@@H]3CC3=C2C(=O)C=C(Br)C3=O)ccc1O. The third-order valence-corrected chi connectivity index (χ3v) is 10.2. The Labute approximate surface area is 297 Å². The Kier molecular flexibility index (Phi) is 8.53. The summed E-state index contributed by atoms with van der Waals surface area (Å²) in [6, 6.07) is 7.37. The number of Topliss-reactive ketones (excluding diaryl/α,β-unsaturated/α-hetero) is 1. The molecule has 15 heteroatoms. The summed E-state index contributed by atoms with van der Waals surface area (Å²) in [6.45, 7) is -0.0778. The highest BCUT2D eigenvalue weighted by atomic mass is 79.9. The number of ketones is 2. The molecule has 0 saturated heterocycles. The molecule has 2 aliphatic carbocycles. The molecular weight excluding hydrogens is 726 g/mol. The first-order chi connectivity index (χ1) is 24.5. The standard InChI is InChI=1S/C36H32BrN5O9/c1-39-26-17-31(51-4)30(50-3)16-24(26)38-23(34(39)46)10-11-40-35(47)41-12-9-19-20(7-5-18-6-8-27(43)29(13-18)49-2)32-21(14-25(19)42(41)36(40)48)33(45)22(37)15-28(32)44/h5-9,13,15-17,20,25,43H,10-12,14H2,1-4H3/t20-,25+/m0/s1. The molecule has 7 rings (SSSR count). The summed E-state index contributed by atoms with van der Waals surface area (Å²) in [6.07, 6.45) is 6.62. The largest absolute Gasteiger partial charge is 0.504 e. The Morgan fingerprint density at radius 1 is 0.980 bits per heavy atom. The van der Waals surface area contributed by atoms with E-state index in [0.29, 0.717) is 39.2 Å². The van der Waals surface area contributed by atoms with E-state index in [-0.39, 0.29) is 70.3 Å². The van der Waals surface area contributed by atoms with Crippen molar-refractivity contribution in [2.24, 2.45) is 13.0 Å². The fourth-order valence-electron chi connectivity index (χ4n) is 7.09. The number of benzene rings is 2. The average Bonchev–Trinajstić information content (AvgIpc) is 3.38. The van der Waals surface area contributed by atoms with Crippen LogP contribution in [0, 0.1) is 5.92 Å². The van der Waals surface area contributed by atoms with E-state index in [1.165, 1.54) is 47.4 Å². The number of phenols is 1. The fourth-order valence-corrected chi connectivity index (χ4v) is 7.54. The highest BCUT2D eigenvalue weighted by Crippen LogP contribution is 2.46. The Morgan fingerprint density at radius 2 is 1.71 bits per heavy atom. The number of aromatic nitrogens is 5. The van der Waals surface area contributed by atoms with Crippen LogP contribution < -0.4 is 31.1 Å². The summed E-state index contributed by atoms with van der Waals surface area (Å²) in [4.78, 5) is 72.6. The van der Waals surface area contributed by atoms with Gasteiger partial charge in [0.05, 0.1) is 49.4 Å². The molecule has 262 valence electrons. The van der Waals surface area contributed by atoms with Crippen LogP contribution in [0.4, 0.5) is 0 Å².